The number of nitrogens with zero attached hydrogens (tertiary/aromatic N) is 4. The van der Waals surface area contributed by atoms with Crippen LogP contribution in [0.3, 0.4) is 0 Å². The van der Waals surface area contributed by atoms with Gasteiger partial charge in [0.15, 0.2) is 0 Å². The smallest absolute Gasteiger partial charge is 0.123 e. The molecule has 21 aromatic rings. The largest absolute Gasteiger partial charge is 0.309 e. The highest BCUT2D eigenvalue weighted by Crippen LogP contribution is 2.42. The third-order valence-electron chi connectivity index (χ3n) is 20.2. The molecule has 105 heavy (non-hydrogen) atoms. The molecule has 0 radical (unpaired) electrons. The Balaban J connectivity index is 0.0000000970. The zero-order valence-corrected chi connectivity index (χ0v) is 60.0. The zero-order chi connectivity index (χ0) is 71.1. The Hall–Kier alpha value is -12.9. The number of benzene rings is 16. The fraction of sp³-hybridized carbons (Fsp3) is 0.0505. The van der Waals surface area contributed by atoms with Gasteiger partial charge in [0.25, 0.3) is 0 Å². The van der Waals surface area contributed by atoms with E-state index in [1.54, 1.807) is 0 Å². The number of aryl methyl sites for hydroxylation is 5. The van der Waals surface area contributed by atoms with Crippen LogP contribution in [0.5, 0.6) is 0 Å². The zero-order valence-electron chi connectivity index (χ0n) is 59.2. The van der Waals surface area contributed by atoms with Crippen molar-refractivity contribution in [3.8, 4) is 33.9 Å². The van der Waals surface area contributed by atoms with Gasteiger partial charge in [-0.05, 0) is 195 Å². The van der Waals surface area contributed by atoms with Gasteiger partial charge in [0.1, 0.15) is 5.82 Å². The van der Waals surface area contributed by atoms with Crippen LogP contribution in [0.1, 0.15) is 27.8 Å². The van der Waals surface area contributed by atoms with Crippen LogP contribution in [0.25, 0.3) is 152 Å². The van der Waals surface area contributed by atoms with Gasteiger partial charge in [-0.15, -0.1) is 11.3 Å². The van der Waals surface area contributed by atoms with Gasteiger partial charge in [0.2, 0.25) is 0 Å². The van der Waals surface area contributed by atoms with Gasteiger partial charge < -0.3 is 18.3 Å². The van der Waals surface area contributed by atoms with Crippen LogP contribution in [0.4, 0.5) is 4.39 Å². The van der Waals surface area contributed by atoms with Gasteiger partial charge in [-0.3, -0.25) is 0 Å². The van der Waals surface area contributed by atoms with Crippen molar-refractivity contribution in [3.63, 3.8) is 0 Å². The predicted octanol–water partition coefficient (Wildman–Crippen LogP) is 27.7. The second kappa shape index (κ2) is 28.2. The molecule has 0 atom stereocenters. The van der Waals surface area contributed by atoms with Crippen molar-refractivity contribution in [1.29, 1.82) is 0 Å². The molecule has 5 aromatic heterocycles. The molecule has 0 unspecified atom stereocenters. The molecule has 16 aromatic carbocycles. The minimum atomic E-state index is -0.213. The summed E-state index contributed by atoms with van der Waals surface area (Å²) >= 11 is 1.91. The molecule has 0 saturated heterocycles. The SMILES string of the molecule is Cc1ccc2c(c1)c1ccccc1n2-c1ccc(F)cc1.Cc1ccc2c(c1)c1ccccc1n2-c1ccc2ccccc2c1.Cc1ccc2c(c1)c1ccccc1n2-c1ccccc1.Cc1ccc2c3ccccc3n(-c3ccccc3)c2c1.Cc1cccc2c1sc1c(-c3ccccc3)cccc12. The number of fused-ring (bicyclic) bond motifs is 16. The lowest BCUT2D eigenvalue weighted by Crippen LogP contribution is -1.93. The van der Waals surface area contributed by atoms with Crippen molar-refractivity contribution >= 4 is 130 Å². The topological polar surface area (TPSA) is 19.7 Å². The van der Waals surface area contributed by atoms with E-state index in [-0.39, 0.29) is 5.82 Å². The van der Waals surface area contributed by atoms with E-state index in [1.165, 1.54) is 175 Å². The second-order valence-electron chi connectivity index (χ2n) is 27.3. The lowest BCUT2D eigenvalue weighted by atomic mass is 10.0. The Morgan fingerprint density at radius 1 is 0.219 bits per heavy atom. The van der Waals surface area contributed by atoms with E-state index >= 15 is 0 Å². The number of thiophene rings is 1. The van der Waals surface area contributed by atoms with E-state index in [0.717, 1.165) is 16.7 Å². The summed E-state index contributed by atoms with van der Waals surface area (Å²) < 4.78 is 25.2. The van der Waals surface area contributed by atoms with Crippen LogP contribution < -0.4 is 0 Å². The molecule has 21 rings (SSSR count). The molecule has 0 saturated carbocycles. The molecule has 0 bridgehead atoms. The Kier molecular flexibility index (Phi) is 17.6. The Morgan fingerprint density at radius 3 is 1.09 bits per heavy atom. The lowest BCUT2D eigenvalue weighted by molar-refractivity contribution is 0.627. The maximum absolute atomic E-state index is 13.2. The maximum Gasteiger partial charge on any atom is 0.123 e. The number of para-hydroxylation sites is 6. The van der Waals surface area contributed by atoms with Crippen molar-refractivity contribution in [2.75, 3.05) is 0 Å². The number of halogens is 1. The van der Waals surface area contributed by atoms with Crippen molar-refractivity contribution in [2.24, 2.45) is 0 Å². The van der Waals surface area contributed by atoms with E-state index in [4.69, 9.17) is 0 Å². The molecule has 0 fully saturated rings. The van der Waals surface area contributed by atoms with Crippen LogP contribution in [0, 0.1) is 40.4 Å². The summed E-state index contributed by atoms with van der Waals surface area (Å²) in [6, 6.07) is 128. The summed E-state index contributed by atoms with van der Waals surface area (Å²) in [6.45, 7) is 10.7. The van der Waals surface area contributed by atoms with Crippen molar-refractivity contribution < 1.29 is 4.39 Å². The normalized spacial score (nSPS) is 11.3. The van der Waals surface area contributed by atoms with Crippen molar-refractivity contribution in [1.82, 2.24) is 18.3 Å². The molecule has 5 heterocycles. The van der Waals surface area contributed by atoms with Crippen LogP contribution in [-0.2, 0) is 0 Å². The first-order valence-electron chi connectivity index (χ1n) is 35.9. The number of hydrogen-bond donors (Lipinski definition) is 0. The van der Waals surface area contributed by atoms with Crippen LogP contribution in [-0.4, -0.2) is 18.3 Å². The third kappa shape index (κ3) is 12.5. The van der Waals surface area contributed by atoms with Gasteiger partial charge >= 0.3 is 0 Å². The van der Waals surface area contributed by atoms with Gasteiger partial charge in [0.05, 0.1) is 44.1 Å². The van der Waals surface area contributed by atoms with Crippen molar-refractivity contribution in [3.05, 3.63) is 398 Å². The molecule has 504 valence electrons. The van der Waals surface area contributed by atoms with Gasteiger partial charge in [0, 0.05) is 86.0 Å². The summed E-state index contributed by atoms with van der Waals surface area (Å²) in [6.07, 6.45) is 0. The molecule has 0 N–H and O–H groups in total. The van der Waals surface area contributed by atoms with E-state index < -0.39 is 0 Å². The second-order valence-corrected chi connectivity index (χ2v) is 28.3. The Labute approximate surface area is 614 Å². The number of hydrogen-bond acceptors (Lipinski definition) is 1. The average Bonchev–Trinajstić information content (AvgIpc) is 1.62. The summed E-state index contributed by atoms with van der Waals surface area (Å²) in [5, 5.41) is 15.6. The molecule has 0 spiro atoms. The van der Waals surface area contributed by atoms with Crippen LogP contribution in [0.2, 0.25) is 0 Å². The first-order chi connectivity index (χ1) is 51.6. The monoisotopic (exact) mass is 1370 g/mol. The number of aromatic nitrogens is 4. The standard InChI is InChI=1S/C23H17N.C19H14FN.2C19H15N.C19H14S/c1-16-10-13-23-21(14-16)20-8-4-5-9-22(20)24(23)19-12-11-17-6-2-3-7-18(17)15-19;1-13-6-11-19-17(12-13)16-4-2-3-5-18(16)21(19)15-9-7-14(20)8-10-15;1-14-11-12-19-17(13-14)16-9-5-6-10-18(16)20(19)15-7-3-2-4-8-15;1-14-11-12-17-16-9-5-6-10-18(16)20(19(17)13-14)15-7-3-2-4-8-15;1-13-7-5-11-16-17-12-6-10-15(19(17)20-18(13)16)14-8-3-2-4-9-14/h2-15H,1H3;2-12H,1H3;2*2-13H,1H3;2-12H,1H3. The first-order valence-corrected chi connectivity index (χ1v) is 36.7. The van der Waals surface area contributed by atoms with Crippen LogP contribution in [0.15, 0.2) is 364 Å². The maximum atomic E-state index is 13.2. The fourth-order valence-corrected chi connectivity index (χ4v) is 16.6. The highest BCUT2D eigenvalue weighted by molar-refractivity contribution is 7.26. The molecule has 0 aliphatic carbocycles. The van der Waals surface area contributed by atoms with E-state index in [1.807, 2.05) is 29.5 Å². The predicted molar refractivity (Wildman–Crippen MR) is 449 cm³/mol. The van der Waals surface area contributed by atoms with Gasteiger partial charge in [-0.25, -0.2) is 4.39 Å². The molecule has 4 nitrogen and oxygen atoms in total. The molecule has 6 heteroatoms. The minimum absolute atomic E-state index is 0.213. The molecular weight excluding hydrogens is 1300 g/mol. The summed E-state index contributed by atoms with van der Waals surface area (Å²) in [4.78, 5) is 0. The van der Waals surface area contributed by atoms with E-state index in [2.05, 4.69) is 387 Å². The highest BCUT2D eigenvalue weighted by Gasteiger charge is 2.17. The van der Waals surface area contributed by atoms with Crippen molar-refractivity contribution in [2.45, 2.75) is 34.6 Å². The molecule has 0 amide bonds. The minimum Gasteiger partial charge on any atom is -0.309 e. The Bertz CT molecular complexity index is 6770. The molecule has 0 aliphatic heterocycles. The Morgan fingerprint density at radius 2 is 0.571 bits per heavy atom. The highest BCUT2D eigenvalue weighted by atomic mass is 32.1. The summed E-state index contributed by atoms with van der Waals surface area (Å²) in [7, 11) is 0. The fourth-order valence-electron chi connectivity index (χ4n) is 15.3. The first kappa shape index (κ1) is 65.4. The molecular formula is C99H75FN4S. The summed E-state index contributed by atoms with van der Waals surface area (Å²) in [5.41, 5.74) is 23.6. The van der Waals surface area contributed by atoms with Crippen LogP contribution >= 0.6 is 11.3 Å². The van der Waals surface area contributed by atoms with Gasteiger partial charge in [-0.1, -0.05) is 253 Å². The lowest BCUT2D eigenvalue weighted by Gasteiger charge is -2.09. The van der Waals surface area contributed by atoms with Gasteiger partial charge in [-0.2, -0.15) is 0 Å². The third-order valence-corrected chi connectivity index (χ3v) is 21.6. The number of rotatable bonds is 5. The van der Waals surface area contributed by atoms with E-state index in [9.17, 15) is 4.39 Å². The average molecular weight is 1370 g/mol. The van der Waals surface area contributed by atoms with E-state index in [0.29, 0.717) is 0 Å². The molecule has 0 aliphatic rings. The summed E-state index contributed by atoms with van der Waals surface area (Å²) in [5.74, 6) is -0.213. The quantitative estimate of drug-likeness (QED) is 0.164.